The lowest BCUT2D eigenvalue weighted by Gasteiger charge is -2.08. The molecule has 0 spiro atoms. The van der Waals surface area contributed by atoms with Crippen molar-refractivity contribution in [2.75, 3.05) is 0 Å². The van der Waals surface area contributed by atoms with Crippen molar-refractivity contribution < 1.29 is 0 Å². The van der Waals surface area contributed by atoms with E-state index in [9.17, 15) is 0 Å². The maximum atomic E-state index is 4.73. The van der Waals surface area contributed by atoms with E-state index in [1.54, 1.807) is 0 Å². The molecule has 0 amide bonds. The summed E-state index contributed by atoms with van der Waals surface area (Å²) in [5.74, 6) is 0. The molecule has 0 radical (unpaired) electrons. The van der Waals surface area contributed by atoms with Crippen molar-refractivity contribution in [3.05, 3.63) is 66.4 Å². The summed E-state index contributed by atoms with van der Waals surface area (Å²) in [4.78, 5) is 4.73. The van der Waals surface area contributed by atoms with Gasteiger partial charge in [-0.15, -0.1) is 0 Å². The Morgan fingerprint density at radius 1 is 0.857 bits per heavy atom. The lowest BCUT2D eigenvalue weighted by Crippen LogP contribution is -1.94. The molecule has 0 aliphatic heterocycles. The first-order valence-corrected chi connectivity index (χ1v) is 7.15. The minimum Gasteiger partial charge on any atom is -0.343 e. The lowest BCUT2D eigenvalue weighted by atomic mass is 10.0. The summed E-state index contributed by atoms with van der Waals surface area (Å²) in [6, 6.07) is 18.9. The van der Waals surface area contributed by atoms with Gasteiger partial charge in [0.05, 0.1) is 11.2 Å². The molecule has 0 saturated heterocycles. The number of pyridine rings is 1. The van der Waals surface area contributed by atoms with Crippen molar-refractivity contribution in [3.8, 4) is 11.3 Å². The van der Waals surface area contributed by atoms with Crippen LogP contribution in [0.4, 0.5) is 0 Å². The monoisotopic (exact) mass is 272 g/mol. The number of hydrogen-bond acceptors (Lipinski definition) is 1. The molecule has 0 aliphatic rings. The Kier molecular flexibility index (Phi) is 2.58. The minimum atomic E-state index is 1.06. The van der Waals surface area contributed by atoms with Crippen LogP contribution in [0, 0.1) is 6.92 Å². The molecule has 2 heterocycles. The molecule has 2 nitrogen and oxygen atoms in total. The number of aryl methyl sites for hydroxylation is 2. The molecule has 0 saturated carbocycles. The molecule has 0 aliphatic carbocycles. The van der Waals surface area contributed by atoms with Crippen molar-refractivity contribution in [2.45, 2.75) is 6.92 Å². The normalized spacial score (nSPS) is 11.3. The molecular formula is C19H16N2. The number of aromatic nitrogens is 2. The average molecular weight is 272 g/mol. The fourth-order valence-electron chi connectivity index (χ4n) is 3.23. The van der Waals surface area contributed by atoms with Crippen molar-refractivity contribution in [1.29, 1.82) is 0 Å². The summed E-state index contributed by atoms with van der Waals surface area (Å²) in [5, 5.41) is 2.50. The Morgan fingerprint density at radius 3 is 2.38 bits per heavy atom. The van der Waals surface area contributed by atoms with Crippen LogP contribution in [0.15, 0.2) is 60.8 Å². The van der Waals surface area contributed by atoms with Gasteiger partial charge >= 0.3 is 0 Å². The Balaban J connectivity index is 2.13. The highest BCUT2D eigenvalue weighted by Gasteiger charge is 2.14. The zero-order chi connectivity index (χ0) is 14.4. The van der Waals surface area contributed by atoms with Gasteiger partial charge in [0.25, 0.3) is 0 Å². The first-order valence-electron chi connectivity index (χ1n) is 7.15. The van der Waals surface area contributed by atoms with Gasteiger partial charge in [0.15, 0.2) is 0 Å². The van der Waals surface area contributed by atoms with E-state index in [1.807, 2.05) is 12.3 Å². The molecule has 4 aromatic rings. The molecule has 2 aromatic heterocycles. The van der Waals surface area contributed by atoms with Gasteiger partial charge in [0, 0.05) is 35.1 Å². The van der Waals surface area contributed by atoms with Gasteiger partial charge < -0.3 is 4.57 Å². The molecule has 21 heavy (non-hydrogen) atoms. The van der Waals surface area contributed by atoms with Gasteiger partial charge in [-0.1, -0.05) is 48.5 Å². The summed E-state index contributed by atoms with van der Waals surface area (Å²) < 4.78 is 2.27. The maximum absolute atomic E-state index is 4.73. The second-order valence-electron chi connectivity index (χ2n) is 5.44. The minimum absolute atomic E-state index is 1.06. The second-order valence-corrected chi connectivity index (χ2v) is 5.44. The number of para-hydroxylation sites is 1. The quantitative estimate of drug-likeness (QED) is 0.491. The zero-order valence-corrected chi connectivity index (χ0v) is 12.2. The van der Waals surface area contributed by atoms with Crippen molar-refractivity contribution in [1.82, 2.24) is 9.55 Å². The largest absolute Gasteiger partial charge is 0.343 e. The van der Waals surface area contributed by atoms with E-state index >= 15 is 0 Å². The Bertz CT molecular complexity index is 950. The number of rotatable bonds is 1. The van der Waals surface area contributed by atoms with Gasteiger partial charge in [-0.25, -0.2) is 0 Å². The zero-order valence-electron chi connectivity index (χ0n) is 12.2. The first-order chi connectivity index (χ1) is 10.3. The molecule has 2 aromatic carbocycles. The highest BCUT2D eigenvalue weighted by Crippen LogP contribution is 2.33. The molecular weight excluding hydrogens is 256 g/mol. The third-order valence-corrected chi connectivity index (χ3v) is 4.23. The summed E-state index contributed by atoms with van der Waals surface area (Å²) in [6.45, 7) is 2.16. The van der Waals surface area contributed by atoms with Crippen molar-refractivity contribution in [3.63, 3.8) is 0 Å². The standard InChI is InChI=1S/C19H16N2/c1-13-18(14-8-4-3-5-9-14)20-12-16-15-10-6-7-11-17(15)21(2)19(13)16/h3-12H,1-2H3. The van der Waals surface area contributed by atoms with Crippen LogP contribution in [-0.4, -0.2) is 9.55 Å². The van der Waals surface area contributed by atoms with Crippen molar-refractivity contribution in [2.24, 2.45) is 7.05 Å². The second kappa shape index (κ2) is 4.45. The molecule has 0 unspecified atom stereocenters. The van der Waals surface area contributed by atoms with Gasteiger partial charge in [-0.05, 0) is 18.6 Å². The molecule has 0 atom stereocenters. The summed E-state index contributed by atoms with van der Waals surface area (Å²) in [5.41, 5.74) is 5.99. The third-order valence-electron chi connectivity index (χ3n) is 4.23. The predicted molar refractivity (Wildman–Crippen MR) is 88.4 cm³/mol. The van der Waals surface area contributed by atoms with Crippen LogP contribution in [0.3, 0.4) is 0 Å². The molecule has 4 rings (SSSR count). The van der Waals surface area contributed by atoms with Gasteiger partial charge in [-0.2, -0.15) is 0 Å². The molecule has 0 bridgehead atoms. The van der Waals surface area contributed by atoms with Crippen LogP contribution >= 0.6 is 0 Å². The molecule has 0 fully saturated rings. The fraction of sp³-hybridized carbons (Fsp3) is 0.105. The van der Waals surface area contributed by atoms with Crippen LogP contribution in [0.2, 0.25) is 0 Å². The third kappa shape index (κ3) is 1.69. The van der Waals surface area contributed by atoms with E-state index in [0.29, 0.717) is 0 Å². The van der Waals surface area contributed by atoms with E-state index in [2.05, 4.69) is 67.1 Å². The van der Waals surface area contributed by atoms with Crippen molar-refractivity contribution >= 4 is 21.8 Å². The fourth-order valence-corrected chi connectivity index (χ4v) is 3.23. The van der Waals surface area contributed by atoms with Crippen LogP contribution in [0.1, 0.15) is 5.56 Å². The highest BCUT2D eigenvalue weighted by molar-refractivity contribution is 6.09. The van der Waals surface area contributed by atoms with E-state index in [-0.39, 0.29) is 0 Å². The highest BCUT2D eigenvalue weighted by atomic mass is 14.9. The number of fused-ring (bicyclic) bond motifs is 3. The predicted octanol–water partition coefficient (Wildman–Crippen LogP) is 4.70. The number of nitrogens with zero attached hydrogens (tertiary/aromatic N) is 2. The van der Waals surface area contributed by atoms with Gasteiger partial charge in [0.1, 0.15) is 0 Å². The average Bonchev–Trinajstić information content (AvgIpc) is 2.83. The van der Waals surface area contributed by atoms with Crippen LogP contribution < -0.4 is 0 Å². The smallest absolute Gasteiger partial charge is 0.0752 e. The van der Waals surface area contributed by atoms with E-state index < -0.39 is 0 Å². The Hall–Kier alpha value is -2.61. The topological polar surface area (TPSA) is 17.8 Å². The Morgan fingerprint density at radius 2 is 1.57 bits per heavy atom. The lowest BCUT2D eigenvalue weighted by molar-refractivity contribution is 1.01. The van der Waals surface area contributed by atoms with E-state index in [4.69, 9.17) is 4.98 Å². The SMILES string of the molecule is Cc1c(-c2ccccc2)ncc2c3ccccc3n(C)c12. The van der Waals surface area contributed by atoms with Gasteiger partial charge in [-0.3, -0.25) is 4.98 Å². The van der Waals surface area contributed by atoms with Crippen LogP contribution in [0.25, 0.3) is 33.1 Å². The van der Waals surface area contributed by atoms with Gasteiger partial charge in [0.2, 0.25) is 0 Å². The van der Waals surface area contributed by atoms with E-state index in [1.165, 1.54) is 32.9 Å². The van der Waals surface area contributed by atoms with Crippen LogP contribution in [0.5, 0.6) is 0 Å². The summed E-state index contributed by atoms with van der Waals surface area (Å²) >= 11 is 0. The number of benzene rings is 2. The molecule has 102 valence electrons. The molecule has 0 N–H and O–H groups in total. The maximum Gasteiger partial charge on any atom is 0.0752 e. The van der Waals surface area contributed by atoms with E-state index in [0.717, 1.165) is 5.69 Å². The molecule has 2 heteroatoms. The van der Waals surface area contributed by atoms with Crippen LogP contribution in [-0.2, 0) is 7.05 Å². The Labute approximate surface area is 123 Å². The summed E-state index contributed by atoms with van der Waals surface area (Å²) in [7, 11) is 2.13. The number of hydrogen-bond donors (Lipinski definition) is 0. The summed E-state index contributed by atoms with van der Waals surface area (Å²) in [6.07, 6.45) is 2.01. The first kappa shape index (κ1) is 12.2.